The maximum Gasteiger partial charge on any atom is 0.265 e. The molecule has 0 bridgehead atoms. The molecule has 1 N–H and O–H groups in total. The van der Waals surface area contributed by atoms with E-state index < -0.39 is 6.10 Å². The normalized spacial score (nSPS) is 12.0. The number of carbonyl (C=O) groups is 1. The number of aryl methyl sites for hydroxylation is 1. The number of anilines is 1. The maximum absolute atomic E-state index is 12.5. The van der Waals surface area contributed by atoms with Crippen molar-refractivity contribution in [3.05, 3.63) is 58.0 Å². The Hall–Kier alpha value is -2.27. The molecule has 122 valence electrons. The fraction of sp³-hybridized carbons (Fsp3) is 0.294. The third-order valence-corrected chi connectivity index (χ3v) is 3.51. The number of hydrogen-bond donors (Lipinski definition) is 1. The molecule has 23 heavy (non-hydrogen) atoms. The van der Waals surface area contributed by atoms with Crippen LogP contribution in [-0.2, 0) is 11.8 Å². The van der Waals surface area contributed by atoms with Crippen molar-refractivity contribution in [3.8, 4) is 5.75 Å². The molecule has 0 unspecified atom stereocenters. The molecule has 0 saturated carbocycles. The summed E-state index contributed by atoms with van der Waals surface area (Å²) >= 11 is 5.94. The Labute approximate surface area is 139 Å². The van der Waals surface area contributed by atoms with E-state index in [0.29, 0.717) is 16.5 Å². The molecule has 2 aromatic rings. The summed E-state index contributed by atoms with van der Waals surface area (Å²) in [4.78, 5) is 23.9. The minimum absolute atomic E-state index is 0.0403. The highest BCUT2D eigenvalue weighted by Gasteiger charge is 2.24. The van der Waals surface area contributed by atoms with Crippen LogP contribution in [0.25, 0.3) is 0 Å². The van der Waals surface area contributed by atoms with Crippen LogP contribution < -0.4 is 15.6 Å². The Morgan fingerprint density at radius 1 is 1.26 bits per heavy atom. The summed E-state index contributed by atoms with van der Waals surface area (Å²) in [7, 11) is 1.63. The number of amides is 1. The number of nitrogens with one attached hydrogen (secondary N) is 1. The zero-order valence-corrected chi connectivity index (χ0v) is 14.0. The van der Waals surface area contributed by atoms with Crippen molar-refractivity contribution in [1.29, 1.82) is 0 Å². The predicted octanol–water partition coefficient (Wildman–Crippen LogP) is 3.08. The van der Waals surface area contributed by atoms with E-state index in [9.17, 15) is 9.59 Å². The van der Waals surface area contributed by atoms with Crippen LogP contribution in [0, 0.1) is 5.92 Å². The zero-order valence-electron chi connectivity index (χ0n) is 13.2. The maximum atomic E-state index is 12.5. The quantitative estimate of drug-likeness (QED) is 0.914. The van der Waals surface area contributed by atoms with Crippen LogP contribution in [0.5, 0.6) is 5.75 Å². The van der Waals surface area contributed by atoms with E-state index in [1.165, 1.54) is 10.6 Å². The van der Waals surface area contributed by atoms with Gasteiger partial charge in [-0.2, -0.15) is 0 Å². The van der Waals surface area contributed by atoms with E-state index in [1.54, 1.807) is 43.6 Å². The Morgan fingerprint density at radius 2 is 2.00 bits per heavy atom. The van der Waals surface area contributed by atoms with Gasteiger partial charge in [-0.05, 0) is 30.2 Å². The average Bonchev–Trinajstić information content (AvgIpc) is 2.48. The third-order valence-electron chi connectivity index (χ3n) is 3.28. The standard InChI is InChI=1S/C17H19ClN2O3/c1-11(2)16(23-14-6-4-5-12(18)9-14)17(22)19-13-7-8-15(21)20(3)10-13/h4-11,16H,1-3H3,(H,19,22)/t16-/m0/s1. The number of hydrogen-bond acceptors (Lipinski definition) is 3. The molecule has 2 rings (SSSR count). The first kappa shape index (κ1) is 17.1. The van der Waals surface area contributed by atoms with Crippen LogP contribution in [0.15, 0.2) is 47.4 Å². The van der Waals surface area contributed by atoms with Crippen LogP contribution >= 0.6 is 11.6 Å². The summed E-state index contributed by atoms with van der Waals surface area (Å²) in [6, 6.07) is 9.88. The molecule has 6 heteroatoms. The highest BCUT2D eigenvalue weighted by molar-refractivity contribution is 6.30. The topological polar surface area (TPSA) is 60.3 Å². The van der Waals surface area contributed by atoms with Crippen LogP contribution in [0.1, 0.15) is 13.8 Å². The molecule has 0 saturated heterocycles. The molecule has 0 fully saturated rings. The molecule has 1 aromatic heterocycles. The molecule has 0 aliphatic rings. The largest absolute Gasteiger partial charge is 0.480 e. The minimum Gasteiger partial charge on any atom is -0.480 e. The summed E-state index contributed by atoms with van der Waals surface area (Å²) in [5, 5.41) is 3.31. The molecule has 1 heterocycles. The van der Waals surface area contributed by atoms with Crippen LogP contribution in [-0.4, -0.2) is 16.6 Å². The molecular formula is C17H19ClN2O3. The van der Waals surface area contributed by atoms with Gasteiger partial charge in [-0.1, -0.05) is 31.5 Å². The highest BCUT2D eigenvalue weighted by atomic mass is 35.5. The molecule has 5 nitrogen and oxygen atoms in total. The molecule has 0 radical (unpaired) electrons. The van der Waals surface area contributed by atoms with Gasteiger partial charge < -0.3 is 14.6 Å². The van der Waals surface area contributed by atoms with Gasteiger partial charge in [0.05, 0.1) is 5.69 Å². The van der Waals surface area contributed by atoms with Crippen molar-refractivity contribution in [2.45, 2.75) is 20.0 Å². The fourth-order valence-electron chi connectivity index (χ4n) is 2.06. The van der Waals surface area contributed by atoms with E-state index in [1.807, 2.05) is 13.8 Å². The Bertz CT molecular complexity index is 755. The lowest BCUT2D eigenvalue weighted by Crippen LogP contribution is -2.37. The number of rotatable bonds is 5. The lowest BCUT2D eigenvalue weighted by atomic mass is 10.1. The van der Waals surface area contributed by atoms with E-state index in [4.69, 9.17) is 16.3 Å². The Balaban J connectivity index is 2.15. The Kier molecular flexibility index (Phi) is 5.45. The molecular weight excluding hydrogens is 316 g/mol. The van der Waals surface area contributed by atoms with Gasteiger partial charge in [0.25, 0.3) is 5.91 Å². The van der Waals surface area contributed by atoms with E-state index in [2.05, 4.69) is 5.32 Å². The third kappa shape index (κ3) is 4.60. The molecule has 1 atom stereocenters. The molecule has 0 aliphatic carbocycles. The predicted molar refractivity (Wildman–Crippen MR) is 91.0 cm³/mol. The van der Waals surface area contributed by atoms with Crippen molar-refractivity contribution in [2.75, 3.05) is 5.32 Å². The molecule has 1 aromatic carbocycles. The number of ether oxygens (including phenoxy) is 1. The first-order valence-electron chi connectivity index (χ1n) is 7.26. The smallest absolute Gasteiger partial charge is 0.265 e. The number of aromatic nitrogens is 1. The number of pyridine rings is 1. The fourth-order valence-corrected chi connectivity index (χ4v) is 2.24. The lowest BCUT2D eigenvalue weighted by Gasteiger charge is -2.22. The minimum atomic E-state index is -0.675. The van der Waals surface area contributed by atoms with E-state index >= 15 is 0 Å². The van der Waals surface area contributed by atoms with E-state index in [0.717, 1.165) is 0 Å². The monoisotopic (exact) mass is 334 g/mol. The number of carbonyl (C=O) groups excluding carboxylic acids is 1. The summed E-state index contributed by atoms with van der Waals surface area (Å²) in [6.07, 6.45) is 0.891. The molecule has 0 aliphatic heterocycles. The van der Waals surface area contributed by atoms with Gasteiger partial charge in [0.2, 0.25) is 5.56 Å². The van der Waals surface area contributed by atoms with Gasteiger partial charge in [-0.3, -0.25) is 9.59 Å². The number of halogens is 1. The van der Waals surface area contributed by atoms with Crippen molar-refractivity contribution in [1.82, 2.24) is 4.57 Å². The SMILES string of the molecule is CC(C)[C@H](Oc1cccc(Cl)c1)C(=O)Nc1ccc(=O)n(C)c1. The van der Waals surface area contributed by atoms with Gasteiger partial charge in [0, 0.05) is 24.3 Å². The van der Waals surface area contributed by atoms with Gasteiger partial charge in [-0.15, -0.1) is 0 Å². The summed E-state index contributed by atoms with van der Waals surface area (Å²) in [6.45, 7) is 3.80. The van der Waals surface area contributed by atoms with Crippen LogP contribution in [0.3, 0.4) is 0 Å². The first-order valence-corrected chi connectivity index (χ1v) is 7.64. The summed E-state index contributed by atoms with van der Waals surface area (Å²) in [5.41, 5.74) is 0.399. The molecule has 0 spiro atoms. The second-order valence-electron chi connectivity index (χ2n) is 5.60. The van der Waals surface area contributed by atoms with E-state index in [-0.39, 0.29) is 17.4 Å². The van der Waals surface area contributed by atoms with Crippen molar-refractivity contribution < 1.29 is 9.53 Å². The zero-order chi connectivity index (χ0) is 17.0. The van der Waals surface area contributed by atoms with Gasteiger partial charge in [-0.25, -0.2) is 0 Å². The van der Waals surface area contributed by atoms with Crippen molar-refractivity contribution in [3.63, 3.8) is 0 Å². The van der Waals surface area contributed by atoms with Gasteiger partial charge in [0.15, 0.2) is 6.10 Å². The van der Waals surface area contributed by atoms with Crippen molar-refractivity contribution in [2.24, 2.45) is 13.0 Å². The lowest BCUT2D eigenvalue weighted by molar-refractivity contribution is -0.124. The Morgan fingerprint density at radius 3 is 2.61 bits per heavy atom. The highest BCUT2D eigenvalue weighted by Crippen LogP contribution is 2.21. The average molecular weight is 335 g/mol. The van der Waals surface area contributed by atoms with Crippen molar-refractivity contribution >= 4 is 23.2 Å². The summed E-state index contributed by atoms with van der Waals surface area (Å²) in [5.74, 6) is 0.215. The van der Waals surface area contributed by atoms with Crippen LogP contribution in [0.2, 0.25) is 5.02 Å². The second-order valence-corrected chi connectivity index (χ2v) is 6.03. The molecule has 1 amide bonds. The second kappa shape index (κ2) is 7.33. The van der Waals surface area contributed by atoms with Gasteiger partial charge >= 0.3 is 0 Å². The number of benzene rings is 1. The van der Waals surface area contributed by atoms with Gasteiger partial charge in [0.1, 0.15) is 5.75 Å². The summed E-state index contributed by atoms with van der Waals surface area (Å²) < 4.78 is 7.18. The number of nitrogens with zero attached hydrogens (tertiary/aromatic N) is 1. The first-order chi connectivity index (χ1) is 10.9. The van der Waals surface area contributed by atoms with Crippen LogP contribution in [0.4, 0.5) is 5.69 Å².